The molecule has 0 radical (unpaired) electrons. The van der Waals surface area contributed by atoms with E-state index in [0.29, 0.717) is 5.92 Å². The summed E-state index contributed by atoms with van der Waals surface area (Å²) in [6.45, 7) is 4.19. The maximum absolute atomic E-state index is 13.2. The Hall–Kier alpha value is -1.46. The van der Waals surface area contributed by atoms with Crippen molar-refractivity contribution in [3.05, 3.63) is 55.4 Å². The summed E-state index contributed by atoms with van der Waals surface area (Å²) in [5.74, 6) is 1.45. The minimum absolute atomic E-state index is 0.0712. The van der Waals surface area contributed by atoms with E-state index in [2.05, 4.69) is 22.9 Å². The molecule has 1 aromatic carbocycles. The zero-order valence-electron chi connectivity index (χ0n) is 13.1. The van der Waals surface area contributed by atoms with Crippen molar-refractivity contribution < 1.29 is 0 Å². The second-order valence-corrected chi connectivity index (χ2v) is 8.31. The highest BCUT2D eigenvalue weighted by Crippen LogP contribution is 2.36. The molecule has 0 amide bonds. The minimum atomic E-state index is 0.0712. The summed E-state index contributed by atoms with van der Waals surface area (Å²) >= 11 is 5.15. The van der Waals surface area contributed by atoms with E-state index in [1.54, 1.807) is 15.9 Å². The van der Waals surface area contributed by atoms with E-state index in [1.165, 1.54) is 10.4 Å². The van der Waals surface area contributed by atoms with Gasteiger partial charge in [0.25, 0.3) is 5.56 Å². The van der Waals surface area contributed by atoms with Crippen molar-refractivity contribution in [2.45, 2.75) is 33.1 Å². The average molecular weight is 389 g/mol. The number of hydrogen-bond acceptors (Lipinski definition) is 3. The molecule has 1 atom stereocenters. The molecular formula is C18H17BrN2OS. The second kappa shape index (κ2) is 5.56. The molecule has 0 saturated heterocycles. The first-order valence-corrected chi connectivity index (χ1v) is 9.45. The molecule has 118 valence electrons. The van der Waals surface area contributed by atoms with E-state index in [4.69, 9.17) is 4.98 Å². The van der Waals surface area contributed by atoms with Crippen LogP contribution < -0.4 is 5.56 Å². The Labute approximate surface area is 147 Å². The maximum Gasteiger partial charge on any atom is 0.267 e. The summed E-state index contributed by atoms with van der Waals surface area (Å²) in [4.78, 5) is 20.2. The topological polar surface area (TPSA) is 34.9 Å². The third kappa shape index (κ3) is 2.46. The van der Waals surface area contributed by atoms with E-state index >= 15 is 0 Å². The standard InChI is InChI=1S/C18H17BrN2OS/c1-10-3-8-14-15(9-10)23-17-16(14)18(22)21(11(2)20-17)13-6-4-12(19)5-7-13/h4-7,10H,3,8-9H2,1-2H3. The lowest BCUT2D eigenvalue weighted by Gasteiger charge is -2.17. The molecule has 0 spiro atoms. The zero-order valence-corrected chi connectivity index (χ0v) is 15.5. The molecule has 1 aliphatic carbocycles. The molecule has 5 heteroatoms. The Morgan fingerprint density at radius 3 is 2.78 bits per heavy atom. The van der Waals surface area contributed by atoms with Gasteiger partial charge in [-0.2, -0.15) is 0 Å². The van der Waals surface area contributed by atoms with Crippen LogP contribution in [0.4, 0.5) is 0 Å². The first kappa shape index (κ1) is 15.1. The zero-order chi connectivity index (χ0) is 16.1. The highest BCUT2D eigenvalue weighted by atomic mass is 79.9. The van der Waals surface area contributed by atoms with Crippen molar-refractivity contribution in [3.63, 3.8) is 0 Å². The predicted molar refractivity (Wildman–Crippen MR) is 98.8 cm³/mol. The van der Waals surface area contributed by atoms with Crippen LogP contribution >= 0.6 is 27.3 Å². The number of thiophene rings is 1. The van der Waals surface area contributed by atoms with Crippen LogP contribution in [0.3, 0.4) is 0 Å². The molecule has 0 saturated carbocycles. The summed E-state index contributed by atoms with van der Waals surface area (Å²) in [7, 11) is 0. The van der Waals surface area contributed by atoms with Crippen molar-refractivity contribution >= 4 is 37.5 Å². The van der Waals surface area contributed by atoms with Gasteiger partial charge in [0, 0.05) is 9.35 Å². The van der Waals surface area contributed by atoms with Gasteiger partial charge in [0.15, 0.2) is 0 Å². The predicted octanol–water partition coefficient (Wildman–Crippen LogP) is 4.64. The fourth-order valence-electron chi connectivity index (χ4n) is 3.39. The third-order valence-corrected chi connectivity index (χ3v) is 6.26. The molecule has 4 rings (SSSR count). The molecule has 0 bridgehead atoms. The van der Waals surface area contributed by atoms with Gasteiger partial charge in [-0.05, 0) is 61.9 Å². The Kier molecular flexibility index (Phi) is 3.65. The lowest BCUT2D eigenvalue weighted by molar-refractivity contribution is 0.509. The van der Waals surface area contributed by atoms with Crippen LogP contribution in [-0.4, -0.2) is 9.55 Å². The van der Waals surface area contributed by atoms with Gasteiger partial charge >= 0.3 is 0 Å². The van der Waals surface area contributed by atoms with Crippen LogP contribution in [0.5, 0.6) is 0 Å². The second-order valence-electron chi connectivity index (χ2n) is 6.31. The molecular weight excluding hydrogens is 372 g/mol. The molecule has 0 N–H and O–H groups in total. The molecule has 3 nitrogen and oxygen atoms in total. The molecule has 1 aliphatic rings. The molecule has 1 unspecified atom stereocenters. The average Bonchev–Trinajstić information content (AvgIpc) is 2.86. The number of hydrogen-bond donors (Lipinski definition) is 0. The largest absolute Gasteiger partial charge is 0.268 e. The van der Waals surface area contributed by atoms with Crippen LogP contribution in [-0.2, 0) is 12.8 Å². The third-order valence-electron chi connectivity index (χ3n) is 4.58. The van der Waals surface area contributed by atoms with E-state index in [0.717, 1.165) is 45.5 Å². The maximum atomic E-state index is 13.2. The summed E-state index contributed by atoms with van der Waals surface area (Å²) in [5.41, 5.74) is 2.18. The number of benzene rings is 1. The van der Waals surface area contributed by atoms with Crippen molar-refractivity contribution in [2.75, 3.05) is 0 Å². The summed E-state index contributed by atoms with van der Waals surface area (Å²) < 4.78 is 2.74. The van der Waals surface area contributed by atoms with Crippen molar-refractivity contribution in [1.82, 2.24) is 9.55 Å². The van der Waals surface area contributed by atoms with Gasteiger partial charge in [-0.25, -0.2) is 4.98 Å². The first-order valence-electron chi connectivity index (χ1n) is 7.84. The van der Waals surface area contributed by atoms with E-state index in [1.807, 2.05) is 31.2 Å². The Bertz CT molecular complexity index is 956. The molecule has 0 fully saturated rings. The van der Waals surface area contributed by atoms with E-state index in [-0.39, 0.29) is 5.56 Å². The van der Waals surface area contributed by atoms with Crippen LogP contribution in [0, 0.1) is 12.8 Å². The van der Waals surface area contributed by atoms with E-state index in [9.17, 15) is 4.79 Å². The quantitative estimate of drug-likeness (QED) is 0.608. The number of rotatable bonds is 1. The molecule has 0 aliphatic heterocycles. The van der Waals surface area contributed by atoms with Crippen LogP contribution in [0.25, 0.3) is 15.9 Å². The SMILES string of the molecule is Cc1nc2sc3c(c2c(=O)n1-c1ccc(Br)cc1)CCC(C)C3. The fraction of sp³-hybridized carbons (Fsp3) is 0.333. The van der Waals surface area contributed by atoms with Crippen molar-refractivity contribution in [2.24, 2.45) is 5.92 Å². The number of nitrogens with zero attached hydrogens (tertiary/aromatic N) is 2. The Balaban J connectivity index is 2.00. The number of halogens is 1. The van der Waals surface area contributed by atoms with Crippen LogP contribution in [0.2, 0.25) is 0 Å². The van der Waals surface area contributed by atoms with Crippen molar-refractivity contribution in [1.29, 1.82) is 0 Å². The Morgan fingerprint density at radius 2 is 2.04 bits per heavy atom. The van der Waals surface area contributed by atoms with Crippen LogP contribution in [0.1, 0.15) is 29.6 Å². The summed E-state index contributed by atoms with van der Waals surface area (Å²) in [6.07, 6.45) is 3.23. The van der Waals surface area contributed by atoms with Gasteiger partial charge in [0.1, 0.15) is 10.7 Å². The number of fused-ring (bicyclic) bond motifs is 3. The summed E-state index contributed by atoms with van der Waals surface area (Å²) in [6, 6.07) is 7.81. The van der Waals surface area contributed by atoms with Gasteiger partial charge in [-0.1, -0.05) is 22.9 Å². The lowest BCUT2D eigenvalue weighted by atomic mass is 9.89. The highest BCUT2D eigenvalue weighted by molar-refractivity contribution is 9.10. The van der Waals surface area contributed by atoms with Crippen LogP contribution in [0.15, 0.2) is 33.5 Å². The first-order chi connectivity index (χ1) is 11.0. The van der Waals surface area contributed by atoms with E-state index < -0.39 is 0 Å². The van der Waals surface area contributed by atoms with Gasteiger partial charge in [-0.15, -0.1) is 11.3 Å². The number of aromatic nitrogens is 2. The minimum Gasteiger partial charge on any atom is -0.268 e. The molecule has 2 heterocycles. The Morgan fingerprint density at radius 1 is 1.30 bits per heavy atom. The normalized spacial score (nSPS) is 17.4. The molecule has 23 heavy (non-hydrogen) atoms. The smallest absolute Gasteiger partial charge is 0.267 e. The molecule has 3 aromatic rings. The van der Waals surface area contributed by atoms with Gasteiger partial charge in [0.2, 0.25) is 0 Å². The van der Waals surface area contributed by atoms with Gasteiger partial charge in [-0.3, -0.25) is 9.36 Å². The lowest BCUT2D eigenvalue weighted by Crippen LogP contribution is -2.23. The monoisotopic (exact) mass is 388 g/mol. The fourth-order valence-corrected chi connectivity index (χ4v) is 5.07. The molecule has 2 aromatic heterocycles. The highest BCUT2D eigenvalue weighted by Gasteiger charge is 2.24. The van der Waals surface area contributed by atoms with Crippen molar-refractivity contribution in [3.8, 4) is 5.69 Å². The number of aryl methyl sites for hydroxylation is 2. The van der Waals surface area contributed by atoms with Gasteiger partial charge < -0.3 is 0 Å². The van der Waals surface area contributed by atoms with Gasteiger partial charge in [0.05, 0.1) is 11.1 Å². The summed E-state index contributed by atoms with van der Waals surface area (Å²) in [5, 5.41) is 0.838.